The fourth-order valence-corrected chi connectivity index (χ4v) is 4.05. The van der Waals surface area contributed by atoms with E-state index in [-0.39, 0.29) is 11.5 Å². The third-order valence-corrected chi connectivity index (χ3v) is 5.40. The van der Waals surface area contributed by atoms with Gasteiger partial charge in [0.25, 0.3) is 0 Å². The SMILES string of the molecule is O=c1[nH]c2cnc(-n3cnc4ccccc43)nc2n1[C@H]1CCOc2ccc(F)cc21. The Labute approximate surface area is 168 Å². The van der Waals surface area contributed by atoms with Gasteiger partial charge in [-0.25, -0.2) is 19.2 Å². The first-order valence-electron chi connectivity index (χ1n) is 9.51. The molecule has 1 atom stereocenters. The van der Waals surface area contributed by atoms with Crippen LogP contribution in [0, 0.1) is 5.82 Å². The number of rotatable bonds is 2. The molecule has 5 aromatic rings. The summed E-state index contributed by atoms with van der Waals surface area (Å²) in [6, 6.07) is 11.6. The average molecular weight is 402 g/mol. The van der Waals surface area contributed by atoms with Crippen molar-refractivity contribution in [3.05, 3.63) is 76.9 Å². The van der Waals surface area contributed by atoms with E-state index in [1.807, 2.05) is 24.3 Å². The maximum Gasteiger partial charge on any atom is 0.328 e. The molecule has 3 aromatic heterocycles. The molecule has 4 heterocycles. The molecule has 0 fully saturated rings. The van der Waals surface area contributed by atoms with E-state index >= 15 is 0 Å². The topological polar surface area (TPSA) is 90.6 Å². The van der Waals surface area contributed by atoms with Gasteiger partial charge in [-0.15, -0.1) is 0 Å². The van der Waals surface area contributed by atoms with Crippen molar-refractivity contribution in [3.63, 3.8) is 0 Å². The Morgan fingerprint density at radius 3 is 3.00 bits per heavy atom. The van der Waals surface area contributed by atoms with Gasteiger partial charge >= 0.3 is 5.69 Å². The fourth-order valence-electron chi connectivity index (χ4n) is 4.05. The van der Waals surface area contributed by atoms with Crippen LogP contribution < -0.4 is 10.4 Å². The number of halogens is 1. The number of imidazole rings is 2. The number of H-pyrrole nitrogens is 1. The molecule has 0 amide bonds. The van der Waals surface area contributed by atoms with Gasteiger partial charge in [0.15, 0.2) is 5.65 Å². The number of benzene rings is 2. The quantitative estimate of drug-likeness (QED) is 0.490. The molecule has 0 spiro atoms. The lowest BCUT2D eigenvalue weighted by atomic mass is 10.00. The molecular weight excluding hydrogens is 387 g/mol. The van der Waals surface area contributed by atoms with Gasteiger partial charge in [0.05, 0.1) is 29.9 Å². The predicted molar refractivity (Wildman–Crippen MR) is 107 cm³/mol. The van der Waals surface area contributed by atoms with E-state index in [0.717, 1.165) is 11.0 Å². The summed E-state index contributed by atoms with van der Waals surface area (Å²) in [6.45, 7) is 0.423. The summed E-state index contributed by atoms with van der Waals surface area (Å²) in [5.41, 5.74) is 2.94. The van der Waals surface area contributed by atoms with Crippen LogP contribution in [0.4, 0.5) is 4.39 Å². The zero-order chi connectivity index (χ0) is 20.2. The van der Waals surface area contributed by atoms with Crippen molar-refractivity contribution in [2.24, 2.45) is 0 Å². The molecule has 1 aliphatic rings. The molecule has 6 rings (SSSR count). The van der Waals surface area contributed by atoms with Gasteiger partial charge in [-0.05, 0) is 30.3 Å². The minimum absolute atomic E-state index is 0.325. The van der Waals surface area contributed by atoms with E-state index in [1.165, 1.54) is 12.1 Å². The van der Waals surface area contributed by atoms with Gasteiger partial charge in [0, 0.05) is 12.0 Å². The third kappa shape index (κ3) is 2.45. The lowest BCUT2D eigenvalue weighted by Gasteiger charge is -2.26. The summed E-state index contributed by atoms with van der Waals surface area (Å²) < 4.78 is 22.9. The summed E-state index contributed by atoms with van der Waals surface area (Å²) >= 11 is 0. The zero-order valence-corrected chi connectivity index (χ0v) is 15.6. The number of fused-ring (bicyclic) bond motifs is 3. The number of hydrogen-bond donors (Lipinski definition) is 1. The van der Waals surface area contributed by atoms with Crippen molar-refractivity contribution in [3.8, 4) is 11.7 Å². The highest BCUT2D eigenvalue weighted by atomic mass is 19.1. The highest BCUT2D eigenvalue weighted by Crippen LogP contribution is 2.35. The first-order chi connectivity index (χ1) is 14.7. The monoisotopic (exact) mass is 402 g/mol. The molecule has 0 radical (unpaired) electrons. The largest absolute Gasteiger partial charge is 0.493 e. The van der Waals surface area contributed by atoms with Gasteiger partial charge < -0.3 is 9.72 Å². The van der Waals surface area contributed by atoms with Crippen molar-refractivity contribution in [1.29, 1.82) is 0 Å². The van der Waals surface area contributed by atoms with E-state index in [4.69, 9.17) is 4.74 Å². The zero-order valence-electron chi connectivity index (χ0n) is 15.6. The normalized spacial score (nSPS) is 16.0. The Morgan fingerprint density at radius 1 is 1.17 bits per heavy atom. The van der Waals surface area contributed by atoms with Gasteiger partial charge in [0.2, 0.25) is 5.95 Å². The number of nitrogens with one attached hydrogen (secondary N) is 1. The van der Waals surface area contributed by atoms with E-state index in [0.29, 0.717) is 41.5 Å². The van der Waals surface area contributed by atoms with Gasteiger partial charge in [-0.3, -0.25) is 9.13 Å². The molecule has 0 saturated heterocycles. The molecule has 0 aliphatic carbocycles. The molecule has 8 nitrogen and oxygen atoms in total. The summed E-state index contributed by atoms with van der Waals surface area (Å²) in [5.74, 6) is 0.594. The van der Waals surface area contributed by atoms with Crippen molar-refractivity contribution in [1.82, 2.24) is 29.1 Å². The summed E-state index contributed by atoms with van der Waals surface area (Å²) in [7, 11) is 0. The maximum absolute atomic E-state index is 13.9. The standard InChI is InChI=1S/C21H15FN6O2/c22-12-5-6-18-13(9-12)16(7-8-30-18)28-19-15(25-21(28)29)10-23-20(26-19)27-11-24-14-3-1-2-4-17(14)27/h1-6,9-11,16H,7-8H2,(H,25,29)/t16-/m0/s1. The van der Waals surface area contributed by atoms with E-state index < -0.39 is 6.04 Å². The van der Waals surface area contributed by atoms with Crippen LogP contribution in [0.15, 0.2) is 59.8 Å². The molecular formula is C21H15FN6O2. The molecule has 1 aliphatic heterocycles. The number of ether oxygens (including phenoxy) is 1. The molecule has 0 saturated carbocycles. The van der Waals surface area contributed by atoms with Crippen LogP contribution in [0.25, 0.3) is 28.1 Å². The van der Waals surface area contributed by atoms with Crippen molar-refractivity contribution < 1.29 is 9.13 Å². The second-order valence-corrected chi connectivity index (χ2v) is 7.15. The van der Waals surface area contributed by atoms with Crippen molar-refractivity contribution >= 4 is 22.2 Å². The first-order valence-corrected chi connectivity index (χ1v) is 9.51. The van der Waals surface area contributed by atoms with Gasteiger partial charge in [0.1, 0.15) is 23.4 Å². The fraction of sp³-hybridized carbons (Fsp3) is 0.143. The van der Waals surface area contributed by atoms with Crippen molar-refractivity contribution in [2.75, 3.05) is 6.61 Å². The highest BCUT2D eigenvalue weighted by molar-refractivity contribution is 5.77. The molecule has 0 bridgehead atoms. The summed E-state index contributed by atoms with van der Waals surface area (Å²) in [6.07, 6.45) is 3.76. The van der Waals surface area contributed by atoms with Crippen LogP contribution in [0.2, 0.25) is 0 Å². The predicted octanol–water partition coefficient (Wildman–Crippen LogP) is 2.97. The molecule has 1 N–H and O–H groups in total. The number of para-hydroxylation sites is 2. The molecule has 30 heavy (non-hydrogen) atoms. The molecule has 148 valence electrons. The molecule has 9 heteroatoms. The number of hydrogen-bond acceptors (Lipinski definition) is 5. The van der Waals surface area contributed by atoms with E-state index in [1.54, 1.807) is 27.7 Å². The third-order valence-electron chi connectivity index (χ3n) is 5.40. The smallest absolute Gasteiger partial charge is 0.328 e. The average Bonchev–Trinajstić information content (AvgIpc) is 3.33. The molecule has 2 aromatic carbocycles. The highest BCUT2D eigenvalue weighted by Gasteiger charge is 2.27. The van der Waals surface area contributed by atoms with Gasteiger partial charge in [-0.1, -0.05) is 12.1 Å². The summed E-state index contributed by atoms with van der Waals surface area (Å²) in [4.78, 5) is 29.1. The second-order valence-electron chi connectivity index (χ2n) is 7.15. The Kier molecular flexibility index (Phi) is 3.52. The Balaban J connectivity index is 1.56. The minimum atomic E-state index is -0.395. The Morgan fingerprint density at radius 2 is 2.07 bits per heavy atom. The van der Waals surface area contributed by atoms with Gasteiger partial charge in [-0.2, -0.15) is 4.98 Å². The summed E-state index contributed by atoms with van der Waals surface area (Å²) in [5, 5.41) is 0. The molecule has 0 unspecified atom stereocenters. The van der Waals surface area contributed by atoms with Crippen LogP contribution >= 0.6 is 0 Å². The number of nitrogens with zero attached hydrogens (tertiary/aromatic N) is 5. The minimum Gasteiger partial charge on any atom is -0.493 e. The van der Waals surface area contributed by atoms with Crippen molar-refractivity contribution in [2.45, 2.75) is 12.5 Å². The van der Waals surface area contributed by atoms with Crippen LogP contribution in [0.1, 0.15) is 18.0 Å². The number of aromatic nitrogens is 6. The van der Waals surface area contributed by atoms with E-state index in [2.05, 4.69) is 19.9 Å². The number of aromatic amines is 1. The van der Waals surface area contributed by atoms with Crippen LogP contribution in [-0.2, 0) is 0 Å². The van der Waals surface area contributed by atoms with Crippen LogP contribution in [0.5, 0.6) is 5.75 Å². The lowest BCUT2D eigenvalue weighted by molar-refractivity contribution is 0.255. The maximum atomic E-state index is 13.9. The Bertz CT molecular complexity index is 1480. The van der Waals surface area contributed by atoms with Crippen LogP contribution in [-0.4, -0.2) is 35.7 Å². The lowest BCUT2D eigenvalue weighted by Crippen LogP contribution is -2.28. The van der Waals surface area contributed by atoms with E-state index in [9.17, 15) is 9.18 Å². The van der Waals surface area contributed by atoms with Crippen LogP contribution in [0.3, 0.4) is 0 Å². The Hall–Kier alpha value is -4.01. The second kappa shape index (κ2) is 6.24. The first kappa shape index (κ1) is 16.9.